The summed E-state index contributed by atoms with van der Waals surface area (Å²) in [5, 5.41) is 21.5. The number of carboxylic acid groups (broad SMARTS) is 1. The van der Waals surface area contributed by atoms with Gasteiger partial charge in [0.1, 0.15) is 5.75 Å². The monoisotopic (exact) mass is 450 g/mol. The average molecular weight is 451 g/mol. The van der Waals surface area contributed by atoms with Crippen molar-refractivity contribution in [2.45, 2.75) is 18.1 Å². The largest absolute Gasteiger partial charge is 0.481 e. The average Bonchev–Trinajstić information content (AvgIpc) is 2.85. The maximum Gasteiger partial charge on any atom is 0.307 e. The Bertz CT molecular complexity index is 1190. The van der Waals surface area contributed by atoms with Crippen molar-refractivity contribution in [2.24, 2.45) is 11.8 Å². The Balaban J connectivity index is 1.48. The topological polar surface area (TPSA) is 66.8 Å². The number of ether oxygens (including phenoxy) is 1. The molecule has 0 saturated heterocycles. The van der Waals surface area contributed by atoms with Gasteiger partial charge in [-0.15, -0.1) is 0 Å². The number of aliphatic carboxylic acids is 1. The van der Waals surface area contributed by atoms with Gasteiger partial charge in [-0.1, -0.05) is 103 Å². The fourth-order valence-corrected chi connectivity index (χ4v) is 5.25. The number of aliphatic hydroxyl groups is 1. The first-order valence-electron chi connectivity index (χ1n) is 11.5. The van der Waals surface area contributed by atoms with E-state index in [9.17, 15) is 15.0 Å². The van der Waals surface area contributed by atoms with E-state index < -0.39 is 24.1 Å². The van der Waals surface area contributed by atoms with Crippen LogP contribution in [0.2, 0.25) is 0 Å². The van der Waals surface area contributed by atoms with Crippen LogP contribution in [0.5, 0.6) is 5.75 Å². The number of rotatable bonds is 7. The molecule has 2 N–H and O–H groups in total. The Morgan fingerprint density at radius 2 is 1.18 bits per heavy atom. The second-order valence-electron chi connectivity index (χ2n) is 8.72. The van der Waals surface area contributed by atoms with Crippen LogP contribution in [0, 0.1) is 11.8 Å². The van der Waals surface area contributed by atoms with Crippen molar-refractivity contribution in [3.8, 4) is 16.9 Å². The van der Waals surface area contributed by atoms with Gasteiger partial charge in [-0.2, -0.15) is 0 Å². The zero-order valence-corrected chi connectivity index (χ0v) is 18.6. The molecule has 5 rings (SSSR count). The molecule has 3 atom stereocenters. The first kappa shape index (κ1) is 21.9. The highest BCUT2D eigenvalue weighted by Crippen LogP contribution is 2.59. The molecule has 1 saturated carbocycles. The summed E-state index contributed by atoms with van der Waals surface area (Å²) >= 11 is 0. The molecular formula is C30H26O4. The van der Waals surface area contributed by atoms with Crippen LogP contribution in [-0.4, -0.2) is 22.5 Å². The lowest BCUT2D eigenvalue weighted by Gasteiger charge is -2.52. The summed E-state index contributed by atoms with van der Waals surface area (Å²) in [4.78, 5) is 12.4. The van der Waals surface area contributed by atoms with E-state index in [4.69, 9.17) is 4.74 Å². The summed E-state index contributed by atoms with van der Waals surface area (Å²) in [6, 6.07) is 36.7. The summed E-state index contributed by atoms with van der Waals surface area (Å²) in [5.74, 6) is -2.11. The Morgan fingerprint density at radius 3 is 1.71 bits per heavy atom. The summed E-state index contributed by atoms with van der Waals surface area (Å²) in [6.45, 7) is 0. The molecule has 170 valence electrons. The number of hydrogen-bond acceptors (Lipinski definition) is 3. The molecule has 4 aromatic rings. The van der Waals surface area contributed by atoms with Gasteiger partial charge in [-0.05, 0) is 34.4 Å². The van der Waals surface area contributed by atoms with Gasteiger partial charge in [0.15, 0.2) is 0 Å². The van der Waals surface area contributed by atoms with Crippen LogP contribution >= 0.6 is 0 Å². The second-order valence-corrected chi connectivity index (χ2v) is 8.72. The van der Waals surface area contributed by atoms with Gasteiger partial charge in [0.25, 0.3) is 0 Å². The van der Waals surface area contributed by atoms with Crippen LogP contribution in [0.15, 0.2) is 115 Å². The van der Waals surface area contributed by atoms with Crippen molar-refractivity contribution >= 4 is 5.97 Å². The molecular weight excluding hydrogens is 424 g/mol. The smallest absolute Gasteiger partial charge is 0.307 e. The lowest BCUT2D eigenvalue weighted by atomic mass is 9.52. The van der Waals surface area contributed by atoms with Crippen molar-refractivity contribution in [3.63, 3.8) is 0 Å². The van der Waals surface area contributed by atoms with E-state index in [1.807, 2.05) is 115 Å². The molecule has 0 aromatic heterocycles. The molecule has 0 aliphatic heterocycles. The summed E-state index contributed by atoms with van der Waals surface area (Å²) in [6.07, 6.45) is -1.17. The second kappa shape index (κ2) is 9.54. The quantitative estimate of drug-likeness (QED) is 0.342. The molecule has 4 heteroatoms. The van der Waals surface area contributed by atoms with Gasteiger partial charge in [-0.25, -0.2) is 0 Å². The maximum atomic E-state index is 12.4. The van der Waals surface area contributed by atoms with Crippen molar-refractivity contribution in [2.75, 3.05) is 0 Å². The minimum Gasteiger partial charge on any atom is -0.481 e. The van der Waals surface area contributed by atoms with Crippen LogP contribution in [0.25, 0.3) is 11.1 Å². The fraction of sp³-hybridized carbons (Fsp3) is 0.167. The highest BCUT2D eigenvalue weighted by atomic mass is 16.6. The maximum absolute atomic E-state index is 12.4. The van der Waals surface area contributed by atoms with E-state index in [0.717, 1.165) is 22.3 Å². The third-order valence-electron chi connectivity index (χ3n) is 6.78. The molecule has 1 aliphatic carbocycles. The predicted molar refractivity (Wildman–Crippen MR) is 131 cm³/mol. The van der Waals surface area contributed by atoms with E-state index in [1.54, 1.807) is 0 Å². The molecule has 1 fully saturated rings. The van der Waals surface area contributed by atoms with Gasteiger partial charge in [0.2, 0.25) is 6.29 Å². The van der Waals surface area contributed by atoms with Crippen molar-refractivity contribution in [1.29, 1.82) is 0 Å². The Labute approximate surface area is 199 Å². The van der Waals surface area contributed by atoms with Crippen LogP contribution in [0.1, 0.15) is 23.0 Å². The van der Waals surface area contributed by atoms with E-state index in [-0.39, 0.29) is 11.8 Å². The zero-order chi connectivity index (χ0) is 23.5. The molecule has 1 aliphatic rings. The molecule has 1 unspecified atom stereocenters. The van der Waals surface area contributed by atoms with Crippen LogP contribution in [0.3, 0.4) is 0 Å². The number of hydrogen-bond donors (Lipinski definition) is 2. The molecule has 0 bridgehead atoms. The Morgan fingerprint density at radius 1 is 0.676 bits per heavy atom. The Hall–Kier alpha value is -3.89. The molecule has 0 amide bonds. The first-order chi connectivity index (χ1) is 16.6. The van der Waals surface area contributed by atoms with E-state index in [2.05, 4.69) is 0 Å². The molecule has 4 nitrogen and oxygen atoms in total. The Kier molecular flexibility index (Phi) is 6.15. The highest BCUT2D eigenvalue weighted by Gasteiger charge is 2.58. The van der Waals surface area contributed by atoms with E-state index in [0.29, 0.717) is 5.75 Å². The van der Waals surface area contributed by atoms with E-state index in [1.165, 1.54) is 0 Å². The minimum atomic E-state index is -1.17. The fourth-order valence-electron chi connectivity index (χ4n) is 5.25. The summed E-state index contributed by atoms with van der Waals surface area (Å²) in [5.41, 5.74) is 3.84. The first-order valence-corrected chi connectivity index (χ1v) is 11.5. The van der Waals surface area contributed by atoms with Crippen LogP contribution in [0.4, 0.5) is 0 Å². The SMILES string of the molecule is O=C(O)[C@H]1[C@H](c2ccccc2)[C@H](C(O)Oc2cccc(-c3ccccc3)c2)[C@H]1c1ccccc1. The van der Waals surface area contributed by atoms with Crippen molar-refractivity contribution in [1.82, 2.24) is 0 Å². The molecule has 34 heavy (non-hydrogen) atoms. The standard InChI is InChI=1S/C30H26O4/c31-29(32)27-25(21-13-6-2-7-14-21)28(26(27)22-15-8-3-9-16-22)30(33)34-24-18-10-17-23(19-24)20-11-4-1-5-12-20/h1-19,25-28,30,33H,(H,31,32)/t25-,26-,27-,28-,30?/m0/s1. The van der Waals surface area contributed by atoms with Crippen molar-refractivity contribution < 1.29 is 19.7 Å². The molecule has 0 radical (unpaired) electrons. The summed E-state index contributed by atoms with van der Waals surface area (Å²) in [7, 11) is 0. The summed E-state index contributed by atoms with van der Waals surface area (Å²) < 4.78 is 6.07. The zero-order valence-electron chi connectivity index (χ0n) is 18.6. The molecule has 0 heterocycles. The number of carboxylic acids is 1. The van der Waals surface area contributed by atoms with Gasteiger partial charge >= 0.3 is 5.97 Å². The normalized spacial score (nSPS) is 22.4. The van der Waals surface area contributed by atoms with Crippen molar-refractivity contribution in [3.05, 3.63) is 126 Å². The van der Waals surface area contributed by atoms with Crippen LogP contribution in [-0.2, 0) is 4.79 Å². The molecule has 4 aromatic carbocycles. The lowest BCUT2D eigenvalue weighted by molar-refractivity contribution is -0.165. The lowest BCUT2D eigenvalue weighted by Crippen LogP contribution is -2.53. The van der Waals surface area contributed by atoms with Gasteiger partial charge in [0, 0.05) is 17.8 Å². The number of aliphatic hydroxyl groups excluding tert-OH is 1. The predicted octanol–water partition coefficient (Wildman–Crippen LogP) is 5.95. The highest BCUT2D eigenvalue weighted by molar-refractivity contribution is 5.75. The van der Waals surface area contributed by atoms with Gasteiger partial charge in [0.05, 0.1) is 5.92 Å². The van der Waals surface area contributed by atoms with Gasteiger partial charge < -0.3 is 14.9 Å². The molecule has 0 spiro atoms. The number of benzene rings is 4. The third-order valence-corrected chi connectivity index (χ3v) is 6.78. The third kappa shape index (κ3) is 4.20. The number of carbonyl (C=O) groups is 1. The van der Waals surface area contributed by atoms with Crippen LogP contribution < -0.4 is 4.74 Å². The van der Waals surface area contributed by atoms with Gasteiger partial charge in [-0.3, -0.25) is 4.79 Å². The van der Waals surface area contributed by atoms with E-state index >= 15 is 0 Å². The minimum absolute atomic E-state index is 0.365.